The Hall–Kier alpha value is 0.720. The van der Waals surface area contributed by atoms with Crippen LogP contribution in [-0.2, 0) is 4.74 Å². The Balaban J connectivity index is 2.76. The Bertz CT molecular complexity index is 807. The predicted octanol–water partition coefficient (Wildman–Crippen LogP) is 6.73. The van der Waals surface area contributed by atoms with E-state index in [1.54, 1.807) is 0 Å². The van der Waals surface area contributed by atoms with Gasteiger partial charge in [-0.05, 0) is 95.6 Å². The number of hydrogen-bond donors (Lipinski definition) is 0. The summed E-state index contributed by atoms with van der Waals surface area (Å²) in [5.74, 6) is -1.36. The second kappa shape index (κ2) is 5.66. The highest BCUT2D eigenvalue weighted by atomic mass is 79.9. The van der Waals surface area contributed by atoms with Crippen molar-refractivity contribution in [2.24, 2.45) is 0 Å². The van der Waals surface area contributed by atoms with E-state index in [4.69, 9.17) is 4.74 Å². The molecule has 0 unspecified atom stereocenters. The van der Waals surface area contributed by atoms with Crippen molar-refractivity contribution < 1.29 is 14.3 Å². The van der Waals surface area contributed by atoms with Crippen LogP contribution in [0.3, 0.4) is 0 Å². The van der Waals surface area contributed by atoms with Crippen molar-refractivity contribution in [2.75, 3.05) is 0 Å². The Labute approximate surface area is 168 Å². The number of ether oxygens (including phenoxy) is 1. The molecule has 0 fully saturated rings. The number of halogens is 6. The normalized spacial score (nSPS) is 13.8. The lowest BCUT2D eigenvalue weighted by Gasteiger charge is -2.22. The minimum atomic E-state index is -0.682. The van der Waals surface area contributed by atoms with Crippen LogP contribution in [0.2, 0.25) is 0 Å². The fraction of sp³-hybridized carbons (Fsp3) is 0. The third kappa shape index (κ3) is 2.26. The van der Waals surface area contributed by atoms with Crippen LogP contribution in [0.4, 0.5) is 0 Å². The first-order valence-corrected chi connectivity index (χ1v) is 9.96. The van der Waals surface area contributed by atoms with E-state index in [1.165, 1.54) is 0 Å². The third-order valence-electron chi connectivity index (χ3n) is 2.99. The molecule has 0 aromatic heterocycles. The molecule has 0 spiro atoms. The van der Waals surface area contributed by atoms with Crippen LogP contribution >= 0.6 is 95.6 Å². The lowest BCUT2D eigenvalue weighted by Crippen LogP contribution is -2.21. The van der Waals surface area contributed by atoms with Crippen LogP contribution in [0.15, 0.2) is 26.8 Å². The zero-order chi connectivity index (χ0) is 15.6. The molecule has 21 heavy (non-hydrogen) atoms. The molecule has 0 saturated carbocycles. The largest absolute Gasteiger partial charge is 0.386 e. The zero-order valence-electron chi connectivity index (χ0n) is 9.49. The fourth-order valence-electron chi connectivity index (χ4n) is 2.11. The van der Waals surface area contributed by atoms with Gasteiger partial charge in [0, 0.05) is 37.6 Å². The van der Waals surface area contributed by atoms with E-state index in [1.807, 2.05) is 0 Å². The molecule has 0 N–H and O–H groups in total. The highest BCUT2D eigenvalue weighted by molar-refractivity contribution is 9.15. The molecule has 2 aromatic carbocycles. The van der Waals surface area contributed by atoms with Crippen molar-refractivity contribution in [3.63, 3.8) is 0 Å². The third-order valence-corrected chi connectivity index (χ3v) is 9.88. The van der Waals surface area contributed by atoms with Crippen LogP contribution in [0.25, 0.3) is 10.8 Å². The van der Waals surface area contributed by atoms with E-state index >= 15 is 0 Å². The van der Waals surface area contributed by atoms with Crippen LogP contribution in [-0.4, -0.2) is 11.9 Å². The maximum Gasteiger partial charge on any atom is 0.347 e. The number of rotatable bonds is 0. The lowest BCUT2D eigenvalue weighted by molar-refractivity contribution is 0.0389. The fourth-order valence-corrected chi connectivity index (χ4v) is 6.01. The Kier molecular flexibility index (Phi) is 4.47. The van der Waals surface area contributed by atoms with Gasteiger partial charge in [0.1, 0.15) is 0 Å². The van der Waals surface area contributed by atoms with Crippen LogP contribution in [0, 0.1) is 0 Å². The van der Waals surface area contributed by atoms with Gasteiger partial charge in [-0.25, -0.2) is 9.59 Å². The average molecular weight is 672 g/mol. The summed E-state index contributed by atoms with van der Waals surface area (Å²) in [7, 11) is 0. The highest BCUT2D eigenvalue weighted by Gasteiger charge is 2.35. The molecule has 0 bridgehead atoms. The summed E-state index contributed by atoms with van der Waals surface area (Å²) < 4.78 is 8.67. The van der Waals surface area contributed by atoms with Gasteiger partial charge in [0.15, 0.2) is 0 Å². The molecule has 3 nitrogen and oxygen atoms in total. The molecular formula is C12Br6O3. The van der Waals surface area contributed by atoms with Gasteiger partial charge in [-0.15, -0.1) is 0 Å². The first kappa shape index (κ1) is 16.6. The Morgan fingerprint density at radius 1 is 0.524 bits per heavy atom. The Morgan fingerprint density at radius 3 is 1.29 bits per heavy atom. The quantitative estimate of drug-likeness (QED) is 0.178. The van der Waals surface area contributed by atoms with Crippen molar-refractivity contribution in [3.05, 3.63) is 38.0 Å². The molecule has 0 radical (unpaired) electrons. The van der Waals surface area contributed by atoms with E-state index in [2.05, 4.69) is 95.6 Å². The number of cyclic esters (lactones) is 2. The van der Waals surface area contributed by atoms with Gasteiger partial charge in [-0.1, -0.05) is 0 Å². The van der Waals surface area contributed by atoms with Crippen molar-refractivity contribution in [3.8, 4) is 0 Å². The molecule has 1 heterocycles. The van der Waals surface area contributed by atoms with Crippen molar-refractivity contribution in [2.45, 2.75) is 0 Å². The molecule has 9 heteroatoms. The summed E-state index contributed by atoms with van der Waals surface area (Å²) in [4.78, 5) is 24.2. The van der Waals surface area contributed by atoms with Gasteiger partial charge in [-0.3, -0.25) is 0 Å². The minimum absolute atomic E-state index is 0.309. The summed E-state index contributed by atoms with van der Waals surface area (Å²) in [5, 5.41) is 1.23. The van der Waals surface area contributed by atoms with Gasteiger partial charge >= 0.3 is 11.9 Å². The lowest BCUT2D eigenvalue weighted by atomic mass is 9.97. The summed E-state index contributed by atoms with van der Waals surface area (Å²) >= 11 is 20.6. The van der Waals surface area contributed by atoms with E-state index < -0.39 is 11.9 Å². The molecule has 0 atom stereocenters. The second-order valence-corrected chi connectivity index (χ2v) is 8.82. The smallest absolute Gasteiger partial charge is 0.347 e. The topological polar surface area (TPSA) is 43.4 Å². The predicted molar refractivity (Wildman–Crippen MR) is 99.9 cm³/mol. The van der Waals surface area contributed by atoms with Gasteiger partial charge < -0.3 is 4.74 Å². The number of carbonyl (C=O) groups excluding carboxylic acids is 2. The van der Waals surface area contributed by atoms with Gasteiger partial charge in [0.05, 0.1) is 11.1 Å². The minimum Gasteiger partial charge on any atom is -0.386 e. The standard InChI is InChI=1S/C12Br6O3/c13-5-2-1-3(7(15)9(5)17)11(19)21-12(20)4(1)8(16)10(18)6(2)14. The summed E-state index contributed by atoms with van der Waals surface area (Å²) in [6.45, 7) is 0. The van der Waals surface area contributed by atoms with E-state index in [9.17, 15) is 9.59 Å². The summed E-state index contributed by atoms with van der Waals surface area (Å²) in [6.07, 6.45) is 0. The molecule has 108 valence electrons. The van der Waals surface area contributed by atoms with Gasteiger partial charge in [-0.2, -0.15) is 0 Å². The molecule has 1 aliphatic rings. The number of benzene rings is 2. The maximum absolute atomic E-state index is 12.1. The summed E-state index contributed by atoms with van der Waals surface area (Å²) in [5.41, 5.74) is 0.618. The van der Waals surface area contributed by atoms with Gasteiger partial charge in [0.2, 0.25) is 0 Å². The van der Waals surface area contributed by atoms with Crippen LogP contribution in [0.1, 0.15) is 20.7 Å². The maximum atomic E-state index is 12.1. The van der Waals surface area contributed by atoms with Crippen molar-refractivity contribution in [1.29, 1.82) is 0 Å². The van der Waals surface area contributed by atoms with Crippen molar-refractivity contribution in [1.82, 2.24) is 0 Å². The van der Waals surface area contributed by atoms with Crippen LogP contribution < -0.4 is 0 Å². The SMILES string of the molecule is O=C1OC(=O)c2c(Br)c(Br)c(Br)c3c(Br)c(Br)c(Br)c1c23. The monoisotopic (exact) mass is 665 g/mol. The highest BCUT2D eigenvalue weighted by Crippen LogP contribution is 2.51. The molecule has 3 rings (SSSR count). The zero-order valence-corrected chi connectivity index (χ0v) is 19.0. The molecule has 0 aliphatic carbocycles. The van der Waals surface area contributed by atoms with Crippen LogP contribution in [0.5, 0.6) is 0 Å². The van der Waals surface area contributed by atoms with Crippen molar-refractivity contribution >= 4 is 118 Å². The Morgan fingerprint density at radius 2 is 0.905 bits per heavy atom. The average Bonchev–Trinajstić information content (AvgIpc) is 2.41. The summed E-state index contributed by atoms with van der Waals surface area (Å²) in [6, 6.07) is 0. The first-order valence-electron chi connectivity index (χ1n) is 5.20. The molecule has 0 saturated heterocycles. The van der Waals surface area contributed by atoms with E-state index in [0.29, 0.717) is 39.8 Å². The van der Waals surface area contributed by atoms with E-state index in [0.717, 1.165) is 8.95 Å². The number of hydrogen-bond acceptors (Lipinski definition) is 3. The number of carbonyl (C=O) groups is 2. The van der Waals surface area contributed by atoms with Gasteiger partial charge in [0.25, 0.3) is 0 Å². The first-order chi connectivity index (χ1) is 9.77. The molecular weight excluding hydrogens is 672 g/mol. The molecule has 0 amide bonds. The molecule has 1 aliphatic heterocycles. The second-order valence-electron chi connectivity index (χ2n) is 4.06. The van der Waals surface area contributed by atoms with E-state index in [-0.39, 0.29) is 0 Å². The number of esters is 2. The molecule has 2 aromatic rings.